The molecule has 4 aromatic rings. The van der Waals surface area contributed by atoms with E-state index in [0.29, 0.717) is 31.6 Å². The first-order valence-electron chi connectivity index (χ1n) is 12.7. The van der Waals surface area contributed by atoms with Crippen molar-refractivity contribution in [1.82, 2.24) is 50.6 Å². The van der Waals surface area contributed by atoms with Gasteiger partial charge < -0.3 is 10.4 Å². The van der Waals surface area contributed by atoms with Gasteiger partial charge in [0, 0.05) is 44.5 Å². The van der Waals surface area contributed by atoms with Gasteiger partial charge in [-0.2, -0.15) is 13.2 Å². The molecule has 17 heteroatoms. The van der Waals surface area contributed by atoms with E-state index in [-0.39, 0.29) is 35.7 Å². The van der Waals surface area contributed by atoms with Gasteiger partial charge in [0.05, 0.1) is 35.9 Å². The second-order valence-corrected chi connectivity index (χ2v) is 9.40. The number of aromatic nitrogens is 8. The average Bonchev–Trinajstić information content (AvgIpc) is 3.62. The van der Waals surface area contributed by atoms with Gasteiger partial charge in [0.2, 0.25) is 0 Å². The van der Waals surface area contributed by atoms with Gasteiger partial charge in [-0.25, -0.2) is 8.78 Å². The summed E-state index contributed by atoms with van der Waals surface area (Å²) >= 11 is 0. The summed E-state index contributed by atoms with van der Waals surface area (Å²) in [5.74, 6) is -3.60. The molecule has 224 valence electrons. The number of aliphatic hydroxyl groups is 1. The summed E-state index contributed by atoms with van der Waals surface area (Å²) in [6.45, 7) is 1.54. The van der Waals surface area contributed by atoms with Crippen molar-refractivity contribution in [2.75, 3.05) is 0 Å². The van der Waals surface area contributed by atoms with Crippen molar-refractivity contribution in [1.29, 1.82) is 0 Å². The van der Waals surface area contributed by atoms with Crippen LogP contribution in [-0.4, -0.2) is 51.0 Å². The summed E-state index contributed by atoms with van der Waals surface area (Å²) in [6, 6.07) is 4.21. The Labute approximate surface area is 236 Å². The third-order valence-corrected chi connectivity index (χ3v) is 6.01. The Bertz CT molecular complexity index is 1480. The zero-order valence-electron chi connectivity index (χ0n) is 22.3. The third kappa shape index (κ3) is 8.56. The lowest BCUT2D eigenvalue weighted by atomic mass is 10.1. The van der Waals surface area contributed by atoms with Crippen molar-refractivity contribution in [2.24, 2.45) is 0 Å². The number of amides is 1. The van der Waals surface area contributed by atoms with E-state index in [1.807, 2.05) is 0 Å². The summed E-state index contributed by atoms with van der Waals surface area (Å²) in [5, 5.41) is 31.2. The van der Waals surface area contributed by atoms with Crippen LogP contribution in [0, 0.1) is 0 Å². The number of aliphatic hydroxyl groups excluding tert-OH is 1. The van der Waals surface area contributed by atoms with Crippen molar-refractivity contribution in [3.8, 4) is 0 Å². The molecule has 0 bridgehead atoms. The fourth-order valence-electron chi connectivity index (χ4n) is 3.77. The Morgan fingerprint density at radius 2 is 1.50 bits per heavy atom. The van der Waals surface area contributed by atoms with Crippen LogP contribution in [0.1, 0.15) is 64.7 Å². The second kappa shape index (κ2) is 13.1. The van der Waals surface area contributed by atoms with Gasteiger partial charge in [-0.3, -0.25) is 29.4 Å². The highest BCUT2D eigenvalue weighted by Crippen LogP contribution is 2.29. The molecule has 1 atom stereocenters. The predicted molar refractivity (Wildman–Crippen MR) is 135 cm³/mol. The van der Waals surface area contributed by atoms with Crippen molar-refractivity contribution < 1.29 is 31.9 Å². The summed E-state index contributed by atoms with van der Waals surface area (Å²) in [5.41, 5.74) is -0.385. The molecule has 0 spiro atoms. The van der Waals surface area contributed by atoms with E-state index in [0.717, 1.165) is 25.3 Å². The van der Waals surface area contributed by atoms with Crippen molar-refractivity contribution >= 4 is 5.91 Å². The number of hydrogen-bond acceptors (Lipinski definition) is 9. The number of unbranched alkanes of at least 4 members (excludes halogenated alkanes) is 1. The standard InChI is InChI=1S/C25H27F5N10O2/c1-24(26,27)16-4-6-31-18(10-16)12-33-22(41)20-14-39(37-35-20)8-2-3-9-40-15-21(36-38-40)23(42)34-13-19-11-17(5-7-32-19)25(28,29)30/h4-7,10-11,14-15,22,33,41H,2-3,8-9,12-13H2,1H3,(H,34,42). The molecule has 0 aliphatic carbocycles. The highest BCUT2D eigenvalue weighted by atomic mass is 19.4. The number of nitrogens with one attached hydrogen (secondary N) is 2. The number of halogens is 5. The first-order chi connectivity index (χ1) is 19.9. The summed E-state index contributed by atoms with van der Waals surface area (Å²) in [4.78, 5) is 20.2. The molecule has 12 nitrogen and oxygen atoms in total. The quantitative estimate of drug-likeness (QED) is 0.121. The van der Waals surface area contributed by atoms with E-state index in [1.54, 1.807) is 10.9 Å². The zero-order chi connectivity index (χ0) is 30.3. The molecule has 42 heavy (non-hydrogen) atoms. The Morgan fingerprint density at radius 3 is 2.17 bits per heavy atom. The molecule has 0 aromatic carbocycles. The van der Waals surface area contributed by atoms with Crippen LogP contribution >= 0.6 is 0 Å². The molecular weight excluding hydrogens is 567 g/mol. The third-order valence-electron chi connectivity index (χ3n) is 6.01. The van der Waals surface area contributed by atoms with Crippen LogP contribution in [0.2, 0.25) is 0 Å². The molecule has 0 aliphatic rings. The Morgan fingerprint density at radius 1 is 0.905 bits per heavy atom. The zero-order valence-corrected chi connectivity index (χ0v) is 22.3. The Hall–Kier alpha value is -4.38. The van der Waals surface area contributed by atoms with E-state index in [2.05, 4.69) is 41.2 Å². The lowest BCUT2D eigenvalue weighted by Crippen LogP contribution is -2.24. The molecule has 4 aromatic heterocycles. The van der Waals surface area contributed by atoms with E-state index in [4.69, 9.17) is 0 Å². The molecule has 0 aliphatic heterocycles. The molecule has 3 N–H and O–H groups in total. The minimum absolute atomic E-state index is 0.00899. The SMILES string of the molecule is CC(F)(F)c1ccnc(CNC(O)c2cn(CCCCn3cc(C(=O)NCc4cc(C(F)(F)F)ccn4)nn3)nn2)c1. The topological polar surface area (TPSA) is 149 Å². The first-order valence-corrected chi connectivity index (χ1v) is 12.7. The number of rotatable bonds is 13. The highest BCUT2D eigenvalue weighted by Gasteiger charge is 2.30. The number of alkyl halides is 5. The van der Waals surface area contributed by atoms with Crippen LogP contribution in [0.3, 0.4) is 0 Å². The molecular formula is C25H27F5N10O2. The Balaban J connectivity index is 1.18. The summed E-state index contributed by atoms with van der Waals surface area (Å²) in [7, 11) is 0. The minimum atomic E-state index is -4.51. The molecule has 4 heterocycles. The first kappa shape index (κ1) is 30.6. The molecule has 0 saturated heterocycles. The largest absolute Gasteiger partial charge is 0.416 e. The normalized spacial score (nSPS) is 12.8. The summed E-state index contributed by atoms with van der Waals surface area (Å²) in [6.07, 6.45) is 0.883. The lowest BCUT2D eigenvalue weighted by molar-refractivity contribution is -0.137. The predicted octanol–water partition coefficient (Wildman–Crippen LogP) is 2.98. The van der Waals surface area contributed by atoms with Gasteiger partial charge in [-0.1, -0.05) is 10.4 Å². The van der Waals surface area contributed by atoms with Crippen LogP contribution in [0.25, 0.3) is 0 Å². The van der Waals surface area contributed by atoms with Gasteiger partial charge in [0.1, 0.15) is 5.69 Å². The number of carbonyl (C=O) groups is 1. The number of nitrogens with zero attached hydrogens (tertiary/aromatic N) is 8. The van der Waals surface area contributed by atoms with Crippen LogP contribution in [0.5, 0.6) is 0 Å². The average molecular weight is 595 g/mol. The number of pyridine rings is 2. The van der Waals surface area contributed by atoms with E-state index >= 15 is 0 Å². The minimum Gasteiger partial charge on any atom is -0.373 e. The van der Waals surface area contributed by atoms with Crippen LogP contribution in [0.15, 0.2) is 49.1 Å². The number of hydrogen-bond donors (Lipinski definition) is 3. The maximum absolute atomic E-state index is 13.5. The Kier molecular flexibility index (Phi) is 9.52. The monoisotopic (exact) mass is 594 g/mol. The van der Waals surface area contributed by atoms with Crippen molar-refractivity contribution in [3.05, 3.63) is 83.0 Å². The second-order valence-electron chi connectivity index (χ2n) is 9.40. The molecule has 0 radical (unpaired) electrons. The number of aryl methyl sites for hydroxylation is 2. The van der Waals surface area contributed by atoms with Crippen LogP contribution in [0.4, 0.5) is 22.0 Å². The fourth-order valence-corrected chi connectivity index (χ4v) is 3.77. The van der Waals surface area contributed by atoms with E-state index in [1.165, 1.54) is 29.2 Å². The summed E-state index contributed by atoms with van der Waals surface area (Å²) < 4.78 is 68.5. The molecule has 1 amide bonds. The van der Waals surface area contributed by atoms with Crippen molar-refractivity contribution in [3.63, 3.8) is 0 Å². The molecule has 0 fully saturated rings. The molecule has 1 unspecified atom stereocenters. The lowest BCUT2D eigenvalue weighted by Gasteiger charge is -2.13. The van der Waals surface area contributed by atoms with Gasteiger partial charge in [0.15, 0.2) is 11.9 Å². The van der Waals surface area contributed by atoms with E-state index < -0.39 is 29.8 Å². The number of carbonyl (C=O) groups excluding carboxylic acids is 1. The molecule has 4 rings (SSSR count). The smallest absolute Gasteiger partial charge is 0.373 e. The fraction of sp³-hybridized carbons (Fsp3) is 0.400. The van der Waals surface area contributed by atoms with Crippen LogP contribution < -0.4 is 10.6 Å². The maximum Gasteiger partial charge on any atom is 0.416 e. The highest BCUT2D eigenvalue weighted by molar-refractivity contribution is 5.91. The maximum atomic E-state index is 13.5. The molecule has 0 saturated carbocycles. The van der Waals surface area contributed by atoms with Crippen molar-refractivity contribution in [2.45, 2.75) is 64.3 Å². The van der Waals surface area contributed by atoms with Gasteiger partial charge >= 0.3 is 6.18 Å². The van der Waals surface area contributed by atoms with Crippen LogP contribution in [-0.2, 0) is 38.3 Å². The van der Waals surface area contributed by atoms with E-state index in [9.17, 15) is 31.9 Å². The van der Waals surface area contributed by atoms with Gasteiger partial charge in [-0.15, -0.1) is 10.2 Å². The van der Waals surface area contributed by atoms with Gasteiger partial charge in [-0.05, 0) is 37.1 Å². The van der Waals surface area contributed by atoms with Gasteiger partial charge in [0.25, 0.3) is 11.8 Å².